The molecule has 2 aromatic carbocycles. The molecule has 8 nitrogen and oxygen atoms in total. The summed E-state index contributed by atoms with van der Waals surface area (Å²) in [5.41, 5.74) is 4.11. The van der Waals surface area contributed by atoms with Gasteiger partial charge in [0.2, 0.25) is 0 Å². The lowest BCUT2D eigenvalue weighted by Crippen LogP contribution is -2.39. The van der Waals surface area contributed by atoms with E-state index in [4.69, 9.17) is 4.74 Å². The number of hydrogen-bond acceptors (Lipinski definition) is 6. The molecule has 8 heteroatoms. The van der Waals surface area contributed by atoms with E-state index in [0.29, 0.717) is 42.2 Å². The number of hydrogen-bond donors (Lipinski definition) is 1. The fraction of sp³-hybridized carbons (Fsp3) is 0.346. The number of likely N-dealkylation sites (N-methyl/N-ethyl adjacent to an activating group) is 1. The lowest BCUT2D eigenvalue weighted by molar-refractivity contribution is 0.0973. The Hall–Kier alpha value is -3.67. The van der Waals surface area contributed by atoms with E-state index in [1.807, 2.05) is 31.3 Å². The van der Waals surface area contributed by atoms with Crippen LogP contribution in [0.2, 0.25) is 0 Å². The van der Waals surface area contributed by atoms with Gasteiger partial charge in [-0.1, -0.05) is 12.1 Å². The Morgan fingerprint density at radius 2 is 1.82 bits per heavy atom. The van der Waals surface area contributed by atoms with E-state index in [1.54, 1.807) is 28.8 Å². The number of amides is 1. The zero-order valence-corrected chi connectivity index (χ0v) is 19.4. The number of benzene rings is 2. The summed E-state index contributed by atoms with van der Waals surface area (Å²) in [5, 5.41) is 23.4. The fourth-order valence-electron chi connectivity index (χ4n) is 4.93. The van der Waals surface area contributed by atoms with Crippen molar-refractivity contribution in [1.82, 2.24) is 14.7 Å². The highest BCUT2D eigenvalue weighted by molar-refractivity contribution is 6.07. The van der Waals surface area contributed by atoms with Crippen molar-refractivity contribution in [3.05, 3.63) is 71.0 Å². The van der Waals surface area contributed by atoms with E-state index in [9.17, 15) is 15.2 Å². The monoisotopic (exact) mass is 457 g/mol. The van der Waals surface area contributed by atoms with Crippen LogP contribution in [0.3, 0.4) is 0 Å². The molecule has 0 radical (unpaired) electrons. The zero-order chi connectivity index (χ0) is 23.9. The number of ether oxygens (including phenoxy) is 1. The highest BCUT2D eigenvalue weighted by Crippen LogP contribution is 2.50. The Balaban J connectivity index is 1.46. The first-order valence-corrected chi connectivity index (χ1v) is 11.4. The smallest absolute Gasteiger partial charge is 0.277 e. The Kier molecular flexibility index (Phi) is 5.60. The Morgan fingerprint density at radius 3 is 2.41 bits per heavy atom. The molecule has 1 N–H and O–H groups in total. The summed E-state index contributed by atoms with van der Waals surface area (Å²) in [6, 6.07) is 17.6. The first kappa shape index (κ1) is 22.1. The maximum Gasteiger partial charge on any atom is 0.277 e. The minimum Gasteiger partial charge on any atom is -0.497 e. The van der Waals surface area contributed by atoms with Crippen LogP contribution >= 0.6 is 0 Å². The minimum atomic E-state index is -0.169. The number of carbonyl (C=O) groups excluding carboxylic acids is 1. The number of methoxy groups -OCH3 is 1. The second kappa shape index (κ2) is 8.60. The molecule has 1 aromatic heterocycles. The van der Waals surface area contributed by atoms with Crippen LogP contribution in [0.4, 0.5) is 5.69 Å². The van der Waals surface area contributed by atoms with Crippen molar-refractivity contribution < 1.29 is 14.6 Å². The van der Waals surface area contributed by atoms with E-state index >= 15 is 0 Å². The predicted molar refractivity (Wildman–Crippen MR) is 127 cm³/mol. The maximum absolute atomic E-state index is 13.6. The molecule has 0 bridgehead atoms. The van der Waals surface area contributed by atoms with Crippen LogP contribution in [0.25, 0.3) is 5.69 Å². The lowest BCUT2D eigenvalue weighted by atomic mass is 10.0. The van der Waals surface area contributed by atoms with Crippen LogP contribution in [-0.4, -0.2) is 59.5 Å². The average Bonchev–Trinajstić information content (AvgIpc) is 3.60. The quantitative estimate of drug-likeness (QED) is 0.586. The summed E-state index contributed by atoms with van der Waals surface area (Å²) in [6.07, 6.45) is 2.69. The highest BCUT2D eigenvalue weighted by Gasteiger charge is 2.47. The van der Waals surface area contributed by atoms with Gasteiger partial charge in [-0.2, -0.15) is 10.4 Å². The molecule has 1 saturated carbocycles. The number of carbonyl (C=O) groups is 1. The lowest BCUT2D eigenvalue weighted by Gasteiger charge is -2.30. The third-order valence-electron chi connectivity index (χ3n) is 7.05. The molecule has 1 amide bonds. The van der Waals surface area contributed by atoms with Crippen molar-refractivity contribution in [2.45, 2.75) is 24.8 Å². The molecule has 1 fully saturated rings. The van der Waals surface area contributed by atoms with Crippen molar-refractivity contribution in [2.75, 3.05) is 38.8 Å². The molecule has 3 aromatic rings. The van der Waals surface area contributed by atoms with Gasteiger partial charge < -0.3 is 14.7 Å². The van der Waals surface area contributed by atoms with Crippen LogP contribution in [0.15, 0.2) is 48.5 Å². The first-order chi connectivity index (χ1) is 16.5. The van der Waals surface area contributed by atoms with E-state index in [1.165, 1.54) is 5.56 Å². The summed E-state index contributed by atoms with van der Waals surface area (Å²) in [7, 11) is 3.64. The summed E-state index contributed by atoms with van der Waals surface area (Å²) in [4.78, 5) is 17.6. The third-order valence-corrected chi connectivity index (χ3v) is 7.05. The predicted octanol–water partition coefficient (Wildman–Crippen LogP) is 2.87. The number of aliphatic hydroxyl groups excluding tert-OH is 1. The second-order valence-electron chi connectivity index (χ2n) is 8.83. The van der Waals surface area contributed by atoms with Crippen LogP contribution in [-0.2, 0) is 12.0 Å². The van der Waals surface area contributed by atoms with Crippen molar-refractivity contribution in [1.29, 1.82) is 5.26 Å². The van der Waals surface area contributed by atoms with Crippen LogP contribution in [0.1, 0.15) is 40.2 Å². The maximum atomic E-state index is 13.6. The number of nitrogens with zero attached hydrogens (tertiary/aromatic N) is 5. The Bertz CT molecular complexity index is 1250. The van der Waals surface area contributed by atoms with Crippen LogP contribution in [0, 0.1) is 11.3 Å². The van der Waals surface area contributed by atoms with Gasteiger partial charge in [0.1, 0.15) is 17.5 Å². The van der Waals surface area contributed by atoms with E-state index in [2.05, 4.69) is 28.2 Å². The molecule has 5 rings (SSSR count). The normalized spacial score (nSPS) is 16.3. The summed E-state index contributed by atoms with van der Waals surface area (Å²) < 4.78 is 6.80. The highest BCUT2D eigenvalue weighted by atomic mass is 16.5. The van der Waals surface area contributed by atoms with Gasteiger partial charge in [0.05, 0.1) is 19.4 Å². The molecule has 34 heavy (non-hydrogen) atoms. The molecule has 1 aliphatic heterocycles. The van der Waals surface area contributed by atoms with Gasteiger partial charge in [-0.3, -0.25) is 9.69 Å². The topological polar surface area (TPSA) is 94.6 Å². The largest absolute Gasteiger partial charge is 0.497 e. The number of aliphatic hydroxyl groups is 1. The van der Waals surface area contributed by atoms with Gasteiger partial charge in [0.15, 0.2) is 5.69 Å². The van der Waals surface area contributed by atoms with E-state index in [0.717, 1.165) is 18.5 Å². The Labute approximate surface area is 198 Å². The van der Waals surface area contributed by atoms with Gasteiger partial charge in [-0.25, -0.2) is 4.68 Å². The molecule has 174 valence electrons. The number of rotatable bonds is 7. The molecule has 0 saturated heterocycles. The zero-order valence-electron chi connectivity index (χ0n) is 19.4. The first-order valence-electron chi connectivity index (χ1n) is 11.4. The summed E-state index contributed by atoms with van der Waals surface area (Å²) in [5.74, 6) is 0.536. The second-order valence-corrected chi connectivity index (χ2v) is 8.83. The van der Waals surface area contributed by atoms with Gasteiger partial charge in [0, 0.05) is 29.9 Å². The van der Waals surface area contributed by atoms with Crippen LogP contribution < -0.4 is 9.64 Å². The molecule has 2 heterocycles. The molecule has 0 atom stereocenters. The minimum absolute atomic E-state index is 0.0188. The number of fused-ring (bicyclic) bond motifs is 1. The molecular formula is C26H27N5O3. The SMILES string of the molecule is COc1ccc(-n2nc(C#N)c3c2C(=O)N(c2ccc(C4(N(C)CCO)CC4)cc2)CC3)cc1. The third kappa shape index (κ3) is 3.54. The van der Waals surface area contributed by atoms with Gasteiger partial charge in [-0.15, -0.1) is 0 Å². The molecule has 1 aliphatic carbocycles. The molecule has 0 spiro atoms. The number of aromatic nitrogens is 2. The van der Waals surface area contributed by atoms with Gasteiger partial charge in [0.25, 0.3) is 5.91 Å². The van der Waals surface area contributed by atoms with Crippen molar-refractivity contribution in [2.24, 2.45) is 0 Å². The van der Waals surface area contributed by atoms with E-state index < -0.39 is 0 Å². The van der Waals surface area contributed by atoms with Gasteiger partial charge >= 0.3 is 0 Å². The van der Waals surface area contributed by atoms with Crippen LogP contribution in [0.5, 0.6) is 5.75 Å². The molecule has 2 aliphatic rings. The van der Waals surface area contributed by atoms with Crippen molar-refractivity contribution in [3.8, 4) is 17.5 Å². The average molecular weight is 458 g/mol. The summed E-state index contributed by atoms with van der Waals surface area (Å²) >= 11 is 0. The van der Waals surface area contributed by atoms with E-state index in [-0.39, 0.29) is 23.7 Å². The fourth-order valence-corrected chi connectivity index (χ4v) is 4.93. The number of anilines is 1. The number of nitriles is 1. The van der Waals surface area contributed by atoms with Crippen molar-refractivity contribution in [3.63, 3.8) is 0 Å². The van der Waals surface area contributed by atoms with Crippen molar-refractivity contribution >= 4 is 11.6 Å². The molecule has 0 unspecified atom stereocenters. The summed E-state index contributed by atoms with van der Waals surface area (Å²) in [6.45, 7) is 1.25. The molecular weight excluding hydrogens is 430 g/mol. The Morgan fingerprint density at radius 1 is 1.15 bits per heavy atom. The standard InChI is InChI=1S/C26H27N5O3/c1-29(15-16-32)26(12-13-26)18-3-5-19(6-4-18)30-14-11-22-23(17-27)28-31(24(22)25(30)33)20-7-9-21(34-2)10-8-20/h3-10,32H,11-16H2,1-2H3. The van der Waals surface area contributed by atoms with Gasteiger partial charge in [-0.05, 0) is 68.3 Å².